The number of piperidine rings is 1. The van der Waals surface area contributed by atoms with Gasteiger partial charge in [0.1, 0.15) is 22.7 Å². The Hall–Kier alpha value is -2.71. The predicted octanol–water partition coefficient (Wildman–Crippen LogP) is 0.642. The number of ketones is 1. The molecule has 1 spiro atoms. The van der Waals surface area contributed by atoms with Crippen LogP contribution < -0.4 is 5.32 Å². The zero-order valence-electron chi connectivity index (χ0n) is 14.6. The van der Waals surface area contributed by atoms with E-state index < -0.39 is 5.60 Å². The van der Waals surface area contributed by atoms with Crippen molar-refractivity contribution in [2.45, 2.75) is 50.7 Å². The second-order valence-corrected chi connectivity index (χ2v) is 7.25. The highest BCUT2D eigenvalue weighted by Gasteiger charge is 2.45. The highest BCUT2D eigenvalue weighted by Crippen LogP contribution is 2.35. The van der Waals surface area contributed by atoms with Crippen LogP contribution in [-0.2, 0) is 9.63 Å². The van der Waals surface area contributed by atoms with Gasteiger partial charge in [-0.15, -0.1) is 0 Å². The minimum atomic E-state index is -0.495. The third-order valence-corrected chi connectivity index (χ3v) is 5.14. The zero-order chi connectivity index (χ0) is 18.3. The van der Waals surface area contributed by atoms with Gasteiger partial charge >= 0.3 is 0 Å². The number of hydrogen-bond acceptors (Lipinski definition) is 6. The summed E-state index contributed by atoms with van der Waals surface area (Å²) in [5, 5.41) is 13.4. The molecule has 2 aliphatic heterocycles. The van der Waals surface area contributed by atoms with E-state index in [1.807, 2.05) is 0 Å². The summed E-state index contributed by atoms with van der Waals surface area (Å²) in [6.45, 7) is 2.41. The number of carbonyl (C=O) groups is 3. The summed E-state index contributed by atoms with van der Waals surface area (Å²) < 4.78 is 0. The van der Waals surface area contributed by atoms with Crippen molar-refractivity contribution in [3.63, 3.8) is 0 Å². The van der Waals surface area contributed by atoms with Gasteiger partial charge in [0.25, 0.3) is 11.8 Å². The van der Waals surface area contributed by atoms with E-state index in [0.29, 0.717) is 43.8 Å². The lowest BCUT2D eigenvalue weighted by atomic mass is 9.86. The van der Waals surface area contributed by atoms with Crippen LogP contribution in [0.1, 0.15) is 60.0 Å². The van der Waals surface area contributed by atoms with E-state index in [2.05, 4.69) is 20.7 Å². The molecule has 0 bridgehead atoms. The Morgan fingerprint density at radius 1 is 1.31 bits per heavy atom. The van der Waals surface area contributed by atoms with Gasteiger partial charge in [0.05, 0.1) is 0 Å². The van der Waals surface area contributed by atoms with Crippen LogP contribution >= 0.6 is 0 Å². The second kappa shape index (κ2) is 6.22. The van der Waals surface area contributed by atoms with Crippen molar-refractivity contribution in [2.75, 3.05) is 13.1 Å². The third kappa shape index (κ3) is 3.21. The number of hydrogen-bond donors (Lipinski definition) is 2. The first kappa shape index (κ1) is 16.7. The highest BCUT2D eigenvalue weighted by molar-refractivity contribution is 6.39. The molecule has 9 heteroatoms. The number of carbonyl (C=O) groups excluding carboxylic acids is 3. The van der Waals surface area contributed by atoms with Crippen LogP contribution in [-0.4, -0.2) is 63.1 Å². The lowest BCUT2D eigenvalue weighted by Crippen LogP contribution is -2.47. The summed E-state index contributed by atoms with van der Waals surface area (Å²) in [7, 11) is 0. The molecule has 0 atom stereocenters. The van der Waals surface area contributed by atoms with E-state index in [1.165, 1.54) is 13.0 Å². The normalized spacial score (nSPS) is 21.3. The SMILES string of the molecule is CC(=O)c1cc(C(=O)N2CCC3(CC2)CC(C(=O)NC2CC2)=NO3)[nH]n1. The lowest BCUT2D eigenvalue weighted by molar-refractivity contribution is -0.115. The molecule has 2 N–H and O–H groups in total. The Balaban J connectivity index is 1.33. The van der Waals surface area contributed by atoms with Crippen molar-refractivity contribution in [1.29, 1.82) is 0 Å². The zero-order valence-corrected chi connectivity index (χ0v) is 14.6. The standard InChI is InChI=1S/C17H21N5O4/c1-10(23)12-8-13(20-19-12)16(25)22-6-4-17(5-7-22)9-14(21-26-17)15(24)18-11-2-3-11/h8,11H,2-7,9H2,1H3,(H,18,24)(H,19,20). The minimum absolute atomic E-state index is 0.142. The summed E-state index contributed by atoms with van der Waals surface area (Å²) in [5.41, 5.74) is 0.502. The van der Waals surface area contributed by atoms with Crippen molar-refractivity contribution < 1.29 is 19.2 Å². The fraction of sp³-hybridized carbons (Fsp3) is 0.588. The third-order valence-electron chi connectivity index (χ3n) is 5.14. The minimum Gasteiger partial charge on any atom is -0.388 e. The molecule has 2 amide bonds. The van der Waals surface area contributed by atoms with Gasteiger partial charge < -0.3 is 15.1 Å². The Morgan fingerprint density at radius 3 is 2.65 bits per heavy atom. The topological polar surface area (TPSA) is 117 Å². The van der Waals surface area contributed by atoms with Crippen LogP contribution in [0.2, 0.25) is 0 Å². The van der Waals surface area contributed by atoms with Gasteiger partial charge in [-0.05, 0) is 18.9 Å². The van der Waals surface area contributed by atoms with Crippen LogP contribution in [0.4, 0.5) is 0 Å². The Bertz CT molecular complexity index is 787. The smallest absolute Gasteiger partial charge is 0.271 e. The first-order valence-electron chi connectivity index (χ1n) is 8.87. The number of aromatic nitrogens is 2. The van der Waals surface area contributed by atoms with E-state index >= 15 is 0 Å². The molecular formula is C17H21N5O4. The number of rotatable bonds is 4. The number of oxime groups is 1. The molecular weight excluding hydrogens is 338 g/mol. The summed E-state index contributed by atoms with van der Waals surface area (Å²) in [6.07, 6.45) is 3.75. The maximum Gasteiger partial charge on any atom is 0.271 e. The predicted molar refractivity (Wildman–Crippen MR) is 90.8 cm³/mol. The second-order valence-electron chi connectivity index (χ2n) is 7.25. The van der Waals surface area contributed by atoms with E-state index in [-0.39, 0.29) is 29.3 Å². The molecule has 0 radical (unpaired) electrons. The molecule has 4 rings (SSSR count). The van der Waals surface area contributed by atoms with Gasteiger partial charge in [-0.1, -0.05) is 5.16 Å². The van der Waals surface area contributed by atoms with Gasteiger partial charge in [-0.25, -0.2) is 0 Å². The number of Topliss-reactive ketones (excluding diaryl/α,β-unsaturated/α-hetero) is 1. The largest absolute Gasteiger partial charge is 0.388 e. The number of H-pyrrole nitrogens is 1. The summed E-state index contributed by atoms with van der Waals surface area (Å²) in [4.78, 5) is 43.3. The molecule has 1 aliphatic carbocycles. The average Bonchev–Trinajstić information content (AvgIpc) is 3.14. The Kier molecular flexibility index (Phi) is 4.01. The fourth-order valence-corrected chi connectivity index (χ4v) is 3.31. The number of nitrogens with zero attached hydrogens (tertiary/aromatic N) is 3. The number of nitrogens with one attached hydrogen (secondary N) is 2. The van der Waals surface area contributed by atoms with Crippen molar-refractivity contribution in [3.8, 4) is 0 Å². The summed E-state index contributed by atoms with van der Waals surface area (Å²) >= 11 is 0. The van der Waals surface area contributed by atoms with E-state index in [1.54, 1.807) is 4.90 Å². The van der Waals surface area contributed by atoms with E-state index in [9.17, 15) is 14.4 Å². The molecule has 2 fully saturated rings. The van der Waals surface area contributed by atoms with Crippen LogP contribution in [0.5, 0.6) is 0 Å². The van der Waals surface area contributed by atoms with Gasteiger partial charge in [0, 0.05) is 45.3 Å². The number of amides is 2. The van der Waals surface area contributed by atoms with Gasteiger partial charge in [-0.2, -0.15) is 5.10 Å². The highest BCUT2D eigenvalue weighted by atomic mass is 16.7. The van der Waals surface area contributed by atoms with Gasteiger partial charge in [0.2, 0.25) is 0 Å². The molecule has 9 nitrogen and oxygen atoms in total. The van der Waals surface area contributed by atoms with Crippen LogP contribution in [0.3, 0.4) is 0 Å². The lowest BCUT2D eigenvalue weighted by Gasteiger charge is -2.36. The molecule has 138 valence electrons. The molecule has 1 aromatic rings. The van der Waals surface area contributed by atoms with E-state index in [4.69, 9.17) is 4.84 Å². The number of likely N-dealkylation sites (tertiary alicyclic amines) is 1. The fourth-order valence-electron chi connectivity index (χ4n) is 3.31. The van der Waals surface area contributed by atoms with Crippen molar-refractivity contribution in [1.82, 2.24) is 20.4 Å². The molecule has 1 saturated carbocycles. The van der Waals surface area contributed by atoms with Crippen molar-refractivity contribution in [2.24, 2.45) is 5.16 Å². The Morgan fingerprint density at radius 2 is 2.04 bits per heavy atom. The molecule has 26 heavy (non-hydrogen) atoms. The maximum atomic E-state index is 12.5. The van der Waals surface area contributed by atoms with Gasteiger partial charge in [0.15, 0.2) is 5.78 Å². The quantitative estimate of drug-likeness (QED) is 0.765. The first-order valence-corrected chi connectivity index (χ1v) is 8.87. The van der Waals surface area contributed by atoms with Crippen LogP contribution in [0, 0.1) is 0 Å². The molecule has 0 aromatic carbocycles. The van der Waals surface area contributed by atoms with Crippen molar-refractivity contribution >= 4 is 23.3 Å². The average molecular weight is 359 g/mol. The first-order chi connectivity index (χ1) is 12.5. The maximum absolute atomic E-state index is 12.5. The Labute approximate surface area is 150 Å². The summed E-state index contributed by atoms with van der Waals surface area (Å²) in [6, 6.07) is 1.76. The monoisotopic (exact) mass is 359 g/mol. The van der Waals surface area contributed by atoms with Crippen LogP contribution in [0.15, 0.2) is 11.2 Å². The van der Waals surface area contributed by atoms with Crippen molar-refractivity contribution in [3.05, 3.63) is 17.5 Å². The van der Waals surface area contributed by atoms with Crippen LogP contribution in [0.25, 0.3) is 0 Å². The molecule has 1 aromatic heterocycles. The molecule has 1 saturated heterocycles. The van der Waals surface area contributed by atoms with Gasteiger partial charge in [-0.3, -0.25) is 19.5 Å². The summed E-state index contributed by atoms with van der Waals surface area (Å²) in [5.74, 6) is -0.519. The molecule has 3 aliphatic rings. The van der Waals surface area contributed by atoms with E-state index in [0.717, 1.165) is 12.8 Å². The number of aromatic amines is 1. The molecule has 0 unspecified atom stereocenters. The molecule has 3 heterocycles.